The number of hydrogen-bond acceptors (Lipinski definition) is 2. The Morgan fingerprint density at radius 3 is 2.86 bits per heavy atom. The molecule has 0 amide bonds. The van der Waals surface area contributed by atoms with Crippen molar-refractivity contribution in [3.8, 4) is 6.07 Å². The predicted octanol–water partition coefficient (Wildman–Crippen LogP) is 3.93. The van der Waals surface area contributed by atoms with Crippen molar-refractivity contribution in [1.29, 1.82) is 5.26 Å². The third kappa shape index (κ3) is 3.32. The van der Waals surface area contributed by atoms with E-state index < -0.39 is 0 Å². The third-order valence-electron chi connectivity index (χ3n) is 1.73. The van der Waals surface area contributed by atoms with Gasteiger partial charge in [0.25, 0.3) is 0 Å². The first-order valence-electron chi connectivity index (χ1n) is 4.22. The molecule has 74 valence electrons. The zero-order valence-electron chi connectivity index (χ0n) is 7.72. The van der Waals surface area contributed by atoms with Gasteiger partial charge in [-0.05, 0) is 41.1 Å². The van der Waals surface area contributed by atoms with Gasteiger partial charge in [-0.1, -0.05) is 15.9 Å². The van der Waals surface area contributed by atoms with Gasteiger partial charge in [0.2, 0.25) is 0 Å². The maximum absolute atomic E-state index is 8.53. The van der Waals surface area contributed by atoms with Crippen LogP contribution < -0.4 is 5.32 Å². The van der Waals surface area contributed by atoms with Crippen molar-refractivity contribution in [3.05, 3.63) is 27.1 Å². The highest BCUT2D eigenvalue weighted by molar-refractivity contribution is 9.11. The maximum Gasteiger partial charge on any atom is 0.0643 e. The Morgan fingerprint density at radius 2 is 2.21 bits per heavy atom. The fourth-order valence-electron chi connectivity index (χ4n) is 1.06. The minimum absolute atomic E-state index is 0.158. The normalized spacial score (nSPS) is 11.9. The Kier molecular flexibility index (Phi) is 4.43. The van der Waals surface area contributed by atoms with Gasteiger partial charge in [-0.25, -0.2) is 0 Å². The smallest absolute Gasteiger partial charge is 0.0643 e. The van der Waals surface area contributed by atoms with Crippen LogP contribution in [0.25, 0.3) is 0 Å². The van der Waals surface area contributed by atoms with Crippen molar-refractivity contribution in [2.45, 2.75) is 19.4 Å². The highest BCUT2D eigenvalue weighted by Gasteiger charge is 2.04. The van der Waals surface area contributed by atoms with Crippen molar-refractivity contribution in [1.82, 2.24) is 0 Å². The van der Waals surface area contributed by atoms with Gasteiger partial charge in [0, 0.05) is 20.7 Å². The predicted molar refractivity (Wildman–Crippen MR) is 65.2 cm³/mol. The summed E-state index contributed by atoms with van der Waals surface area (Å²) < 4.78 is 2.03. The summed E-state index contributed by atoms with van der Waals surface area (Å²) in [7, 11) is 0. The van der Waals surface area contributed by atoms with Gasteiger partial charge in [-0.15, -0.1) is 0 Å². The Morgan fingerprint density at radius 1 is 1.50 bits per heavy atom. The van der Waals surface area contributed by atoms with E-state index in [0.717, 1.165) is 14.6 Å². The second-order valence-corrected chi connectivity index (χ2v) is 4.80. The molecule has 1 unspecified atom stereocenters. The van der Waals surface area contributed by atoms with Crippen LogP contribution in [-0.4, -0.2) is 6.04 Å². The van der Waals surface area contributed by atoms with Crippen LogP contribution in [0.4, 0.5) is 5.69 Å². The zero-order chi connectivity index (χ0) is 10.6. The minimum atomic E-state index is 0.158. The number of nitriles is 1. The van der Waals surface area contributed by atoms with E-state index in [0.29, 0.717) is 6.42 Å². The molecule has 0 saturated heterocycles. The van der Waals surface area contributed by atoms with E-state index in [-0.39, 0.29) is 6.04 Å². The van der Waals surface area contributed by atoms with Gasteiger partial charge in [0.05, 0.1) is 12.5 Å². The van der Waals surface area contributed by atoms with Crippen LogP contribution in [0.3, 0.4) is 0 Å². The molecule has 14 heavy (non-hydrogen) atoms. The number of anilines is 1. The minimum Gasteiger partial charge on any atom is -0.381 e. The summed E-state index contributed by atoms with van der Waals surface area (Å²) in [5.74, 6) is 0. The molecule has 0 spiro atoms. The van der Waals surface area contributed by atoms with Gasteiger partial charge in [-0.3, -0.25) is 0 Å². The Labute approximate surface area is 101 Å². The Bertz CT molecular complexity index is 358. The lowest BCUT2D eigenvalue weighted by Crippen LogP contribution is -2.14. The number of rotatable bonds is 3. The molecular weight excluding hydrogens is 308 g/mol. The van der Waals surface area contributed by atoms with Crippen LogP contribution in [0.15, 0.2) is 27.1 Å². The van der Waals surface area contributed by atoms with Crippen molar-refractivity contribution in [3.63, 3.8) is 0 Å². The number of hydrogen-bond donors (Lipinski definition) is 1. The lowest BCUT2D eigenvalue weighted by molar-refractivity contribution is 0.820. The molecule has 0 aliphatic carbocycles. The lowest BCUT2D eigenvalue weighted by atomic mass is 10.2. The topological polar surface area (TPSA) is 35.8 Å². The van der Waals surface area contributed by atoms with Gasteiger partial charge in [0.1, 0.15) is 0 Å². The second kappa shape index (κ2) is 5.38. The van der Waals surface area contributed by atoms with Crippen LogP contribution in [0.5, 0.6) is 0 Å². The molecule has 1 N–H and O–H groups in total. The molecule has 0 bridgehead atoms. The van der Waals surface area contributed by atoms with Gasteiger partial charge in [0.15, 0.2) is 0 Å². The SMILES string of the molecule is CC(CC#N)Nc1cc(Br)ccc1Br. The molecule has 1 rings (SSSR count). The maximum atomic E-state index is 8.53. The highest BCUT2D eigenvalue weighted by atomic mass is 79.9. The van der Waals surface area contributed by atoms with E-state index >= 15 is 0 Å². The molecule has 0 aromatic heterocycles. The molecule has 2 nitrogen and oxygen atoms in total. The van der Waals surface area contributed by atoms with E-state index in [1.54, 1.807) is 0 Å². The van der Waals surface area contributed by atoms with Crippen molar-refractivity contribution in [2.75, 3.05) is 5.32 Å². The van der Waals surface area contributed by atoms with Crippen molar-refractivity contribution >= 4 is 37.5 Å². The number of benzene rings is 1. The standard InChI is InChI=1S/C10H10Br2N2/c1-7(4-5-13)14-10-6-8(11)2-3-9(10)12/h2-3,6-7,14H,4H2,1H3. The summed E-state index contributed by atoms with van der Waals surface area (Å²) in [6.45, 7) is 1.98. The van der Waals surface area contributed by atoms with E-state index in [2.05, 4.69) is 43.2 Å². The molecular formula is C10H10Br2N2. The first-order valence-corrected chi connectivity index (χ1v) is 5.80. The fraction of sp³-hybridized carbons (Fsp3) is 0.300. The third-order valence-corrected chi connectivity index (χ3v) is 2.91. The number of nitrogens with one attached hydrogen (secondary N) is 1. The Hall–Kier alpha value is -0.530. The summed E-state index contributed by atoms with van der Waals surface area (Å²) in [6, 6.07) is 8.20. The molecule has 0 fully saturated rings. The summed E-state index contributed by atoms with van der Waals surface area (Å²) in [5.41, 5.74) is 1.00. The van der Waals surface area contributed by atoms with Crippen molar-refractivity contribution in [2.24, 2.45) is 0 Å². The van der Waals surface area contributed by atoms with Crippen LogP contribution in [0, 0.1) is 11.3 Å². The summed E-state index contributed by atoms with van der Waals surface area (Å²) in [4.78, 5) is 0. The quantitative estimate of drug-likeness (QED) is 0.917. The number of nitrogens with zero attached hydrogens (tertiary/aromatic N) is 1. The molecule has 0 radical (unpaired) electrons. The van der Waals surface area contributed by atoms with E-state index in [4.69, 9.17) is 5.26 Å². The van der Waals surface area contributed by atoms with Crippen LogP contribution >= 0.6 is 31.9 Å². The first-order chi connectivity index (χ1) is 6.63. The van der Waals surface area contributed by atoms with E-state index in [1.807, 2.05) is 25.1 Å². The first kappa shape index (κ1) is 11.5. The highest BCUT2D eigenvalue weighted by Crippen LogP contribution is 2.26. The van der Waals surface area contributed by atoms with Crippen LogP contribution in [0.1, 0.15) is 13.3 Å². The molecule has 0 aliphatic rings. The van der Waals surface area contributed by atoms with Crippen molar-refractivity contribution < 1.29 is 0 Å². The van der Waals surface area contributed by atoms with E-state index in [9.17, 15) is 0 Å². The summed E-state index contributed by atoms with van der Waals surface area (Å²) in [5, 5.41) is 11.8. The molecule has 4 heteroatoms. The average Bonchev–Trinajstić information content (AvgIpc) is 2.12. The number of halogens is 2. The molecule has 1 aromatic rings. The average molecular weight is 318 g/mol. The monoisotopic (exact) mass is 316 g/mol. The van der Waals surface area contributed by atoms with Gasteiger partial charge < -0.3 is 5.32 Å². The molecule has 0 heterocycles. The van der Waals surface area contributed by atoms with Crippen LogP contribution in [0.2, 0.25) is 0 Å². The molecule has 1 atom stereocenters. The van der Waals surface area contributed by atoms with E-state index in [1.165, 1.54) is 0 Å². The largest absolute Gasteiger partial charge is 0.381 e. The van der Waals surface area contributed by atoms with Crippen LogP contribution in [-0.2, 0) is 0 Å². The molecule has 0 saturated carbocycles. The zero-order valence-corrected chi connectivity index (χ0v) is 10.9. The summed E-state index contributed by atoms with van der Waals surface area (Å²) >= 11 is 6.84. The van der Waals surface area contributed by atoms with Gasteiger partial charge >= 0.3 is 0 Å². The molecule has 1 aromatic carbocycles. The second-order valence-electron chi connectivity index (χ2n) is 3.03. The lowest BCUT2D eigenvalue weighted by Gasteiger charge is -2.13. The fourth-order valence-corrected chi connectivity index (χ4v) is 1.78. The summed E-state index contributed by atoms with van der Waals surface area (Å²) in [6.07, 6.45) is 0.499. The molecule has 0 aliphatic heterocycles. The van der Waals surface area contributed by atoms with Gasteiger partial charge in [-0.2, -0.15) is 5.26 Å². The Balaban J connectivity index is 2.76.